The van der Waals surface area contributed by atoms with Crippen LogP contribution in [0.15, 0.2) is 35.0 Å². The number of methoxy groups -OCH3 is 2. The third-order valence-electron chi connectivity index (χ3n) is 6.72. The van der Waals surface area contributed by atoms with Crippen molar-refractivity contribution in [2.24, 2.45) is 16.8 Å². The Morgan fingerprint density at radius 1 is 1.41 bits per heavy atom. The summed E-state index contributed by atoms with van der Waals surface area (Å²) in [6.07, 6.45) is 3.54. The lowest BCUT2D eigenvalue weighted by Gasteiger charge is -2.50. The van der Waals surface area contributed by atoms with E-state index in [4.69, 9.17) is 14.5 Å². The molecule has 7 heteroatoms. The first kappa shape index (κ1) is 19.9. The van der Waals surface area contributed by atoms with E-state index >= 15 is 0 Å². The fourth-order valence-electron chi connectivity index (χ4n) is 5.30. The lowest BCUT2D eigenvalue weighted by molar-refractivity contribution is -0.137. The van der Waals surface area contributed by atoms with Crippen LogP contribution in [0, 0.1) is 11.8 Å². The summed E-state index contributed by atoms with van der Waals surface area (Å²) in [5.41, 5.74) is 1.06. The summed E-state index contributed by atoms with van der Waals surface area (Å²) in [6, 6.07) is 5.04. The second-order valence-corrected chi connectivity index (χ2v) is 8.10. The van der Waals surface area contributed by atoms with Crippen LogP contribution in [0.3, 0.4) is 0 Å². The van der Waals surface area contributed by atoms with Crippen LogP contribution >= 0.6 is 0 Å². The van der Waals surface area contributed by atoms with Gasteiger partial charge in [-0.1, -0.05) is 19.4 Å². The van der Waals surface area contributed by atoms with Crippen molar-refractivity contribution in [3.05, 3.63) is 35.6 Å². The zero-order chi connectivity index (χ0) is 20.8. The van der Waals surface area contributed by atoms with Gasteiger partial charge in [0, 0.05) is 13.1 Å². The minimum atomic E-state index is -1.26. The van der Waals surface area contributed by atoms with E-state index in [0.29, 0.717) is 41.9 Å². The maximum Gasteiger partial charge on any atom is 0.337 e. The number of aliphatic hydroxyl groups is 1. The second-order valence-electron chi connectivity index (χ2n) is 8.10. The molecule has 0 aromatic heterocycles. The van der Waals surface area contributed by atoms with Gasteiger partial charge in [-0.05, 0) is 36.8 Å². The maximum absolute atomic E-state index is 12.4. The van der Waals surface area contributed by atoms with E-state index in [2.05, 4.69) is 11.8 Å². The molecule has 0 radical (unpaired) electrons. The number of hydrogen-bond acceptors (Lipinski definition) is 7. The molecule has 3 heterocycles. The molecule has 3 unspecified atom stereocenters. The molecule has 4 atom stereocenters. The van der Waals surface area contributed by atoms with Crippen molar-refractivity contribution in [3.8, 4) is 5.75 Å². The molecular weight excluding hydrogens is 372 g/mol. The second kappa shape index (κ2) is 7.46. The maximum atomic E-state index is 12.4. The molecule has 0 spiro atoms. The van der Waals surface area contributed by atoms with E-state index in [0.717, 1.165) is 13.0 Å². The number of aromatic hydroxyl groups is 1. The van der Waals surface area contributed by atoms with E-state index < -0.39 is 5.60 Å². The number of benzene rings is 1. The van der Waals surface area contributed by atoms with Crippen molar-refractivity contribution in [1.29, 1.82) is 0 Å². The first-order valence-corrected chi connectivity index (χ1v) is 10.1. The predicted molar refractivity (Wildman–Crippen MR) is 108 cm³/mol. The topological polar surface area (TPSA) is 91.6 Å². The third kappa shape index (κ3) is 3.04. The lowest BCUT2D eigenvalue weighted by atomic mass is 9.70. The Kier molecular flexibility index (Phi) is 5.12. The monoisotopic (exact) mass is 400 g/mol. The SMILES string of the molecule is CCC1CN2CC[C@@]3(O)C(=Nc4cccc(O)c43)C2CC1/C(=C\OC)C(=O)OC. The number of fused-ring (bicyclic) bond motifs is 5. The molecule has 0 bridgehead atoms. The largest absolute Gasteiger partial charge is 0.507 e. The molecule has 0 aliphatic carbocycles. The number of aliphatic imine (C=N–C) groups is 1. The number of nitrogens with zero attached hydrogens (tertiary/aromatic N) is 2. The van der Waals surface area contributed by atoms with E-state index in [1.54, 1.807) is 12.1 Å². The van der Waals surface area contributed by atoms with Crippen molar-refractivity contribution < 1.29 is 24.5 Å². The Labute approximate surface area is 170 Å². The van der Waals surface area contributed by atoms with Gasteiger partial charge in [-0.25, -0.2) is 4.79 Å². The lowest BCUT2D eigenvalue weighted by Crippen LogP contribution is -2.60. The van der Waals surface area contributed by atoms with E-state index in [1.165, 1.54) is 20.5 Å². The zero-order valence-corrected chi connectivity index (χ0v) is 17.1. The Hall–Kier alpha value is -2.38. The molecule has 4 rings (SSSR count). The molecule has 7 nitrogen and oxygen atoms in total. The molecular formula is C22H28N2O5. The van der Waals surface area contributed by atoms with Crippen molar-refractivity contribution in [2.75, 3.05) is 27.3 Å². The van der Waals surface area contributed by atoms with Gasteiger partial charge < -0.3 is 19.7 Å². The number of phenols is 1. The van der Waals surface area contributed by atoms with Gasteiger partial charge in [0.2, 0.25) is 0 Å². The minimum absolute atomic E-state index is 0.0593. The molecule has 0 saturated carbocycles. The normalized spacial score (nSPS) is 31.4. The van der Waals surface area contributed by atoms with Crippen LogP contribution in [0.25, 0.3) is 0 Å². The van der Waals surface area contributed by atoms with Crippen LogP contribution in [0.4, 0.5) is 5.69 Å². The quantitative estimate of drug-likeness (QED) is 0.458. The van der Waals surface area contributed by atoms with E-state index in [-0.39, 0.29) is 29.6 Å². The number of phenolic OH excluding ortho intramolecular Hbond substituents is 1. The fraction of sp³-hybridized carbons (Fsp3) is 0.545. The molecule has 29 heavy (non-hydrogen) atoms. The van der Waals surface area contributed by atoms with Gasteiger partial charge in [0.05, 0.1) is 49.1 Å². The van der Waals surface area contributed by atoms with Crippen molar-refractivity contribution in [2.45, 2.75) is 37.8 Å². The Morgan fingerprint density at radius 2 is 2.21 bits per heavy atom. The van der Waals surface area contributed by atoms with Gasteiger partial charge in [-0.3, -0.25) is 9.89 Å². The van der Waals surface area contributed by atoms with Crippen LogP contribution in [0.1, 0.15) is 31.7 Å². The van der Waals surface area contributed by atoms with Gasteiger partial charge in [0.1, 0.15) is 11.4 Å². The number of ether oxygens (including phenoxy) is 2. The molecule has 0 amide bonds. The highest BCUT2D eigenvalue weighted by Gasteiger charge is 2.54. The van der Waals surface area contributed by atoms with Gasteiger partial charge >= 0.3 is 5.97 Å². The van der Waals surface area contributed by atoms with E-state index in [9.17, 15) is 15.0 Å². The number of esters is 1. The van der Waals surface area contributed by atoms with Crippen molar-refractivity contribution in [3.63, 3.8) is 0 Å². The Bertz CT molecular complexity index is 880. The van der Waals surface area contributed by atoms with Crippen molar-refractivity contribution in [1.82, 2.24) is 4.90 Å². The van der Waals surface area contributed by atoms with Gasteiger partial charge in [-0.15, -0.1) is 0 Å². The van der Waals surface area contributed by atoms with E-state index in [1.807, 2.05) is 6.07 Å². The highest BCUT2D eigenvalue weighted by atomic mass is 16.5. The summed E-state index contributed by atoms with van der Waals surface area (Å²) in [5.74, 6) is -0.0960. The first-order valence-electron chi connectivity index (χ1n) is 10.1. The number of piperidine rings is 2. The molecule has 3 aliphatic heterocycles. The first-order chi connectivity index (χ1) is 13.9. The van der Waals surface area contributed by atoms with Gasteiger partial charge in [-0.2, -0.15) is 0 Å². The predicted octanol–water partition coefficient (Wildman–Crippen LogP) is 2.49. The fourth-order valence-corrected chi connectivity index (χ4v) is 5.30. The van der Waals surface area contributed by atoms with Crippen LogP contribution < -0.4 is 0 Å². The highest BCUT2D eigenvalue weighted by molar-refractivity contribution is 6.05. The standard InChI is InChI=1S/C22H28N2O5/c1-4-13-11-24-9-8-22(27)19-16(6-5-7-18(19)25)23-20(22)17(24)10-14(13)15(12-28-2)21(26)29-3/h5-7,12-14,17,25,27H,4,8-11H2,1-3H3/b15-12+/t13?,14?,17?,22-/m0/s1. The summed E-state index contributed by atoms with van der Waals surface area (Å²) in [5, 5.41) is 21.9. The zero-order valence-electron chi connectivity index (χ0n) is 17.1. The number of carbonyl (C=O) groups is 1. The molecule has 2 fully saturated rings. The summed E-state index contributed by atoms with van der Waals surface area (Å²) >= 11 is 0. The number of rotatable bonds is 4. The van der Waals surface area contributed by atoms with Crippen LogP contribution in [-0.4, -0.2) is 60.1 Å². The van der Waals surface area contributed by atoms with Gasteiger partial charge in [0.15, 0.2) is 0 Å². The Morgan fingerprint density at radius 3 is 2.90 bits per heavy atom. The average molecular weight is 400 g/mol. The summed E-state index contributed by atoms with van der Waals surface area (Å²) in [6.45, 7) is 3.64. The third-order valence-corrected chi connectivity index (χ3v) is 6.72. The summed E-state index contributed by atoms with van der Waals surface area (Å²) in [7, 11) is 2.90. The average Bonchev–Trinajstić information content (AvgIpc) is 3.04. The molecule has 156 valence electrons. The Balaban J connectivity index is 1.72. The van der Waals surface area contributed by atoms with Crippen molar-refractivity contribution >= 4 is 17.4 Å². The molecule has 1 aromatic carbocycles. The molecule has 3 aliphatic rings. The molecule has 1 aromatic rings. The smallest absolute Gasteiger partial charge is 0.337 e. The minimum Gasteiger partial charge on any atom is -0.507 e. The molecule has 2 saturated heterocycles. The van der Waals surface area contributed by atoms with Crippen LogP contribution in [0.5, 0.6) is 5.75 Å². The summed E-state index contributed by atoms with van der Waals surface area (Å²) in [4.78, 5) is 19.5. The molecule has 2 N–H and O–H groups in total. The van der Waals surface area contributed by atoms with Crippen LogP contribution in [-0.2, 0) is 19.9 Å². The number of carbonyl (C=O) groups excluding carboxylic acids is 1. The van der Waals surface area contributed by atoms with Gasteiger partial charge in [0.25, 0.3) is 0 Å². The van der Waals surface area contributed by atoms with Crippen LogP contribution in [0.2, 0.25) is 0 Å². The summed E-state index contributed by atoms with van der Waals surface area (Å²) < 4.78 is 10.2. The number of hydrogen-bond donors (Lipinski definition) is 2. The highest BCUT2D eigenvalue weighted by Crippen LogP contribution is 2.51.